The van der Waals surface area contributed by atoms with Crippen molar-refractivity contribution >= 4 is 16.0 Å². The Morgan fingerprint density at radius 2 is 1.39 bits per heavy atom. The highest BCUT2D eigenvalue weighted by molar-refractivity contribution is 7.85. The van der Waals surface area contributed by atoms with E-state index in [9.17, 15) is 22.9 Å². The van der Waals surface area contributed by atoms with E-state index in [0.29, 0.717) is 12.8 Å². The van der Waals surface area contributed by atoms with E-state index in [0.717, 1.165) is 77.0 Å². The third kappa shape index (κ3) is 20.7. The Morgan fingerprint density at radius 3 is 2.03 bits per heavy atom. The molecule has 0 aliphatic heterocycles. The first kappa shape index (κ1) is 30.1. The maximum atomic E-state index is 12.2. The van der Waals surface area contributed by atoms with Crippen LogP contribution in [0.15, 0.2) is 12.2 Å². The topological polar surface area (TPSA) is 104 Å². The summed E-state index contributed by atoms with van der Waals surface area (Å²) in [6.45, 7) is 4.32. The lowest BCUT2D eigenvalue weighted by Gasteiger charge is -2.23. The molecule has 0 bridgehead atoms. The van der Waals surface area contributed by atoms with Gasteiger partial charge in [0.2, 0.25) is 5.91 Å². The minimum Gasteiger partial charge on any atom is -0.391 e. The van der Waals surface area contributed by atoms with E-state index in [4.69, 9.17) is 0 Å². The predicted octanol–water partition coefficient (Wildman–Crippen LogP) is 5.56. The van der Waals surface area contributed by atoms with E-state index in [2.05, 4.69) is 31.3 Å². The molecule has 0 radical (unpaired) electrons. The number of unbranched alkanes of at least 4 members (excludes halogenated alkanes) is 11. The molecule has 2 atom stereocenters. The molecule has 0 aromatic heterocycles. The average Bonchev–Trinajstić information content (AvgIpc) is 2.70. The molecule has 0 aliphatic rings. The second kappa shape index (κ2) is 19.7. The van der Waals surface area contributed by atoms with E-state index in [-0.39, 0.29) is 5.91 Å². The standard InChI is InChI=1S/C24H47NO5S/c1-3-5-7-9-10-11-12-13-14-16-18-20-24(27)25-22(21-31(28,29)30)23(26)19-17-15-8-6-4-2/h9-10,22-23,26H,3-8,11-21H2,1-2H3,(H,25,27)(H,28,29,30)/b10-9-. The summed E-state index contributed by atoms with van der Waals surface area (Å²) in [4.78, 5) is 12.2. The number of carbonyl (C=O) groups excluding carboxylic acids is 1. The molecule has 0 aromatic carbocycles. The molecule has 31 heavy (non-hydrogen) atoms. The van der Waals surface area contributed by atoms with Gasteiger partial charge in [-0.3, -0.25) is 9.35 Å². The van der Waals surface area contributed by atoms with Gasteiger partial charge in [-0.05, 0) is 32.1 Å². The van der Waals surface area contributed by atoms with Crippen molar-refractivity contribution in [3.8, 4) is 0 Å². The van der Waals surface area contributed by atoms with Crippen LogP contribution in [0.25, 0.3) is 0 Å². The Morgan fingerprint density at radius 1 is 0.839 bits per heavy atom. The molecule has 7 heteroatoms. The molecular weight excluding hydrogens is 414 g/mol. The molecule has 3 N–H and O–H groups in total. The van der Waals surface area contributed by atoms with Gasteiger partial charge in [0, 0.05) is 6.42 Å². The van der Waals surface area contributed by atoms with Crippen molar-refractivity contribution in [3.05, 3.63) is 12.2 Å². The fraction of sp³-hybridized carbons (Fsp3) is 0.875. The van der Waals surface area contributed by atoms with Crippen LogP contribution in [0, 0.1) is 0 Å². The maximum Gasteiger partial charge on any atom is 0.266 e. The zero-order valence-corrected chi connectivity index (χ0v) is 20.7. The van der Waals surface area contributed by atoms with E-state index in [1.807, 2.05) is 0 Å². The molecule has 0 rings (SSSR count). The maximum absolute atomic E-state index is 12.2. The zero-order valence-electron chi connectivity index (χ0n) is 19.9. The van der Waals surface area contributed by atoms with Crippen LogP contribution < -0.4 is 5.32 Å². The lowest BCUT2D eigenvalue weighted by Crippen LogP contribution is -2.47. The van der Waals surface area contributed by atoms with Crippen molar-refractivity contribution in [1.82, 2.24) is 5.32 Å². The zero-order chi connectivity index (χ0) is 23.4. The number of carbonyl (C=O) groups is 1. The highest BCUT2D eigenvalue weighted by Crippen LogP contribution is 2.12. The fourth-order valence-electron chi connectivity index (χ4n) is 3.55. The summed E-state index contributed by atoms with van der Waals surface area (Å²) in [5, 5.41) is 13.0. The number of hydrogen-bond donors (Lipinski definition) is 3. The normalized spacial score (nSPS) is 14.1. The first-order valence-corrected chi connectivity index (χ1v) is 14.0. The minimum absolute atomic E-state index is 0.266. The molecule has 6 nitrogen and oxygen atoms in total. The third-order valence-corrected chi connectivity index (χ3v) is 6.25. The molecule has 0 spiro atoms. The number of amides is 1. The van der Waals surface area contributed by atoms with Crippen LogP contribution in [-0.2, 0) is 14.9 Å². The monoisotopic (exact) mass is 461 g/mol. The van der Waals surface area contributed by atoms with Crippen molar-refractivity contribution in [1.29, 1.82) is 0 Å². The molecule has 0 saturated carbocycles. The SMILES string of the molecule is CCCC/C=C\CCCCCCCC(=O)NC(CS(=O)(=O)O)C(O)CCCCCCC. The number of hydrogen-bond acceptors (Lipinski definition) is 4. The number of aliphatic hydroxyl groups is 1. The summed E-state index contributed by atoms with van der Waals surface area (Å²) in [7, 11) is -4.28. The van der Waals surface area contributed by atoms with Gasteiger partial charge in [-0.15, -0.1) is 0 Å². The summed E-state index contributed by atoms with van der Waals surface area (Å²) < 4.78 is 31.8. The first-order chi connectivity index (χ1) is 14.8. The van der Waals surface area contributed by atoms with Crippen molar-refractivity contribution in [3.63, 3.8) is 0 Å². The average molecular weight is 462 g/mol. The Kier molecular flexibility index (Phi) is 19.2. The first-order valence-electron chi connectivity index (χ1n) is 12.4. The summed E-state index contributed by atoms with van der Waals surface area (Å²) in [5.41, 5.74) is 0. The highest BCUT2D eigenvalue weighted by atomic mass is 32.2. The molecule has 2 unspecified atom stereocenters. The minimum atomic E-state index is -4.28. The van der Waals surface area contributed by atoms with Crippen LogP contribution in [0.4, 0.5) is 0 Å². The van der Waals surface area contributed by atoms with Crippen molar-refractivity contribution in [2.75, 3.05) is 5.75 Å². The van der Waals surface area contributed by atoms with Gasteiger partial charge in [0.1, 0.15) is 0 Å². The largest absolute Gasteiger partial charge is 0.391 e. The van der Waals surface area contributed by atoms with Gasteiger partial charge >= 0.3 is 0 Å². The van der Waals surface area contributed by atoms with E-state index < -0.39 is 28.0 Å². The van der Waals surface area contributed by atoms with E-state index in [1.54, 1.807) is 0 Å². The second-order valence-electron chi connectivity index (χ2n) is 8.61. The van der Waals surface area contributed by atoms with Crippen LogP contribution in [0.1, 0.15) is 117 Å². The lowest BCUT2D eigenvalue weighted by atomic mass is 10.0. The van der Waals surface area contributed by atoms with Gasteiger partial charge in [0.15, 0.2) is 0 Å². The number of allylic oxidation sites excluding steroid dienone is 2. The van der Waals surface area contributed by atoms with E-state index >= 15 is 0 Å². The van der Waals surface area contributed by atoms with Crippen LogP contribution >= 0.6 is 0 Å². The molecule has 0 heterocycles. The summed E-state index contributed by atoms with van der Waals surface area (Å²) >= 11 is 0. The van der Waals surface area contributed by atoms with Crippen molar-refractivity contribution in [2.45, 2.75) is 129 Å². The van der Waals surface area contributed by atoms with Gasteiger partial charge in [-0.1, -0.05) is 90.2 Å². The van der Waals surface area contributed by atoms with Crippen molar-refractivity contribution in [2.24, 2.45) is 0 Å². The number of aliphatic hydroxyl groups excluding tert-OH is 1. The lowest BCUT2D eigenvalue weighted by molar-refractivity contribution is -0.122. The van der Waals surface area contributed by atoms with Crippen LogP contribution in [-0.4, -0.2) is 41.9 Å². The second-order valence-corrected chi connectivity index (χ2v) is 10.1. The third-order valence-electron chi connectivity index (χ3n) is 5.47. The van der Waals surface area contributed by atoms with Gasteiger partial charge in [-0.25, -0.2) is 0 Å². The molecule has 0 saturated heterocycles. The fourth-order valence-corrected chi connectivity index (χ4v) is 4.31. The summed E-state index contributed by atoms with van der Waals surface area (Å²) in [5.74, 6) is -0.918. The van der Waals surface area contributed by atoms with Crippen LogP contribution in [0.5, 0.6) is 0 Å². The highest BCUT2D eigenvalue weighted by Gasteiger charge is 2.25. The van der Waals surface area contributed by atoms with Gasteiger partial charge in [-0.2, -0.15) is 8.42 Å². The Labute approximate surface area is 191 Å². The Balaban J connectivity index is 4.09. The molecule has 1 amide bonds. The van der Waals surface area contributed by atoms with Crippen molar-refractivity contribution < 1.29 is 22.9 Å². The van der Waals surface area contributed by atoms with E-state index in [1.165, 1.54) is 12.8 Å². The molecular formula is C24H47NO5S. The number of nitrogens with one attached hydrogen (secondary N) is 1. The molecule has 0 aliphatic carbocycles. The quantitative estimate of drug-likeness (QED) is 0.118. The van der Waals surface area contributed by atoms with Gasteiger partial charge < -0.3 is 10.4 Å². The Bertz CT molecular complexity index is 562. The van der Waals surface area contributed by atoms with Gasteiger partial charge in [0.25, 0.3) is 10.1 Å². The van der Waals surface area contributed by atoms with Gasteiger partial charge in [0.05, 0.1) is 17.9 Å². The Hall–Kier alpha value is -0.920. The van der Waals surface area contributed by atoms with Crippen LogP contribution in [0.3, 0.4) is 0 Å². The predicted molar refractivity (Wildman–Crippen MR) is 129 cm³/mol. The summed E-state index contributed by atoms with van der Waals surface area (Å²) in [6.07, 6.45) is 19.2. The number of rotatable bonds is 21. The smallest absolute Gasteiger partial charge is 0.266 e. The van der Waals surface area contributed by atoms with Crippen LogP contribution in [0.2, 0.25) is 0 Å². The molecule has 0 fully saturated rings. The molecule has 0 aromatic rings. The summed E-state index contributed by atoms with van der Waals surface area (Å²) in [6, 6.07) is -0.965. The molecule has 184 valence electrons.